The van der Waals surface area contributed by atoms with Crippen molar-refractivity contribution >= 4 is 29.9 Å². The number of guanidine groups is 1. The topological polar surface area (TPSA) is 60.3 Å². The lowest BCUT2D eigenvalue weighted by atomic mass is 10.1. The lowest BCUT2D eigenvalue weighted by Gasteiger charge is -2.32. The Labute approximate surface area is 177 Å². The summed E-state index contributed by atoms with van der Waals surface area (Å²) >= 11 is 0. The summed E-state index contributed by atoms with van der Waals surface area (Å²) in [5.41, 5.74) is 0.679. The van der Waals surface area contributed by atoms with Gasteiger partial charge in [-0.05, 0) is 31.0 Å². The van der Waals surface area contributed by atoms with E-state index in [1.165, 1.54) is 12.1 Å². The van der Waals surface area contributed by atoms with Crippen molar-refractivity contribution in [2.45, 2.75) is 25.5 Å². The van der Waals surface area contributed by atoms with Gasteiger partial charge in [0.15, 0.2) is 5.96 Å². The van der Waals surface area contributed by atoms with Crippen LogP contribution >= 0.6 is 24.0 Å². The molecule has 1 aromatic rings. The van der Waals surface area contributed by atoms with Crippen LogP contribution in [0, 0.1) is 5.82 Å². The average molecular weight is 492 g/mol. The van der Waals surface area contributed by atoms with E-state index in [1.807, 2.05) is 6.92 Å². The number of aliphatic hydroxyl groups excluding tert-OH is 1. The molecular weight excluding hydrogens is 462 g/mol. The second-order valence-electron chi connectivity index (χ2n) is 6.80. The molecule has 0 spiro atoms. The van der Waals surface area contributed by atoms with Crippen molar-refractivity contribution in [1.29, 1.82) is 0 Å². The highest BCUT2D eigenvalue weighted by atomic mass is 127. The van der Waals surface area contributed by atoms with Crippen LogP contribution in [-0.2, 0) is 4.74 Å². The second-order valence-corrected chi connectivity index (χ2v) is 6.80. The fourth-order valence-electron chi connectivity index (χ4n) is 3.56. The first kappa shape index (κ1) is 22.3. The molecule has 6 nitrogen and oxygen atoms in total. The Hall–Kier alpha value is -0.970. The van der Waals surface area contributed by atoms with Gasteiger partial charge in [-0.1, -0.05) is 12.1 Å². The summed E-state index contributed by atoms with van der Waals surface area (Å²) in [5.74, 6) is 0.536. The second kappa shape index (κ2) is 11.1. The van der Waals surface area contributed by atoms with Crippen LogP contribution in [0.3, 0.4) is 0 Å². The number of aliphatic hydroxyl groups is 1. The number of halogens is 2. The van der Waals surface area contributed by atoms with Gasteiger partial charge in [-0.3, -0.25) is 9.89 Å². The highest BCUT2D eigenvalue weighted by Gasteiger charge is 2.30. The minimum Gasteiger partial charge on any atom is -0.386 e. The lowest BCUT2D eigenvalue weighted by molar-refractivity contribution is 0.0194. The van der Waals surface area contributed by atoms with E-state index < -0.39 is 6.10 Å². The number of nitrogens with one attached hydrogen (secondary N) is 1. The maximum absolute atomic E-state index is 13.0. The monoisotopic (exact) mass is 492 g/mol. The van der Waals surface area contributed by atoms with Gasteiger partial charge < -0.3 is 20.1 Å². The number of aliphatic imine (C=N–C) groups is 1. The highest BCUT2D eigenvalue weighted by Crippen LogP contribution is 2.18. The summed E-state index contributed by atoms with van der Waals surface area (Å²) in [4.78, 5) is 9.38. The van der Waals surface area contributed by atoms with Crippen LogP contribution < -0.4 is 5.32 Å². The number of benzene rings is 1. The van der Waals surface area contributed by atoms with Crippen molar-refractivity contribution in [3.63, 3.8) is 0 Å². The molecule has 8 heteroatoms. The van der Waals surface area contributed by atoms with Crippen molar-refractivity contribution in [3.05, 3.63) is 35.6 Å². The third-order valence-corrected chi connectivity index (χ3v) is 5.03. The summed E-state index contributed by atoms with van der Waals surface area (Å²) in [6.07, 6.45) is 0.382. The molecule has 2 saturated heterocycles. The van der Waals surface area contributed by atoms with Gasteiger partial charge in [0.05, 0.1) is 25.9 Å². The van der Waals surface area contributed by atoms with Gasteiger partial charge in [-0.25, -0.2) is 4.39 Å². The van der Waals surface area contributed by atoms with Crippen molar-refractivity contribution < 1.29 is 14.2 Å². The molecule has 2 atom stereocenters. The smallest absolute Gasteiger partial charge is 0.194 e. The molecule has 0 amide bonds. The predicted molar refractivity (Wildman–Crippen MR) is 115 cm³/mol. The summed E-state index contributed by atoms with van der Waals surface area (Å²) in [6.45, 7) is 8.60. The average Bonchev–Trinajstić information content (AvgIpc) is 3.16. The number of morpholine rings is 1. The van der Waals surface area contributed by atoms with Gasteiger partial charge in [-0.15, -0.1) is 24.0 Å². The normalized spacial score (nSPS) is 22.4. The molecule has 0 bridgehead atoms. The van der Waals surface area contributed by atoms with E-state index >= 15 is 0 Å². The van der Waals surface area contributed by atoms with Gasteiger partial charge in [-0.2, -0.15) is 0 Å². The largest absolute Gasteiger partial charge is 0.386 e. The van der Waals surface area contributed by atoms with E-state index in [-0.39, 0.29) is 36.3 Å². The van der Waals surface area contributed by atoms with Crippen molar-refractivity contribution in [2.24, 2.45) is 4.99 Å². The molecular formula is C19H30FIN4O2. The molecule has 2 aliphatic rings. The molecule has 2 N–H and O–H groups in total. The van der Waals surface area contributed by atoms with Crippen LogP contribution in [-0.4, -0.2) is 79.4 Å². The summed E-state index contributed by atoms with van der Waals surface area (Å²) in [7, 11) is 0. The quantitative estimate of drug-likeness (QED) is 0.374. The molecule has 3 rings (SSSR count). The number of hydrogen-bond acceptors (Lipinski definition) is 4. The molecule has 2 heterocycles. The minimum absolute atomic E-state index is 0. The molecule has 0 radical (unpaired) electrons. The first-order valence-corrected chi connectivity index (χ1v) is 9.46. The Morgan fingerprint density at radius 3 is 2.67 bits per heavy atom. The number of hydrogen-bond donors (Lipinski definition) is 2. The van der Waals surface area contributed by atoms with Crippen molar-refractivity contribution in [3.8, 4) is 0 Å². The predicted octanol–water partition coefficient (Wildman–Crippen LogP) is 1.85. The molecule has 152 valence electrons. The Bertz CT molecular complexity index is 596. The lowest BCUT2D eigenvalue weighted by Crippen LogP contribution is -2.46. The SMILES string of the molecule is CCNC(=NCC(O)c1ccc(F)cc1)N1CCC(N2CCOCC2)C1.I. The van der Waals surface area contributed by atoms with E-state index in [0.717, 1.165) is 58.3 Å². The molecule has 2 aliphatic heterocycles. The summed E-state index contributed by atoms with van der Waals surface area (Å²) < 4.78 is 18.5. The van der Waals surface area contributed by atoms with Gasteiger partial charge >= 0.3 is 0 Å². The molecule has 27 heavy (non-hydrogen) atoms. The fourth-order valence-corrected chi connectivity index (χ4v) is 3.56. The van der Waals surface area contributed by atoms with E-state index in [1.54, 1.807) is 12.1 Å². The number of nitrogens with zero attached hydrogens (tertiary/aromatic N) is 3. The third kappa shape index (κ3) is 6.27. The standard InChI is InChI=1S/C19H29FN4O2.HI/c1-2-21-19(22-13-18(25)15-3-5-16(20)6-4-15)24-8-7-17(14-24)23-9-11-26-12-10-23;/h3-6,17-18,25H,2,7-14H2,1H3,(H,21,22);1H. The minimum atomic E-state index is -0.734. The maximum atomic E-state index is 13.0. The maximum Gasteiger partial charge on any atom is 0.194 e. The Balaban J connectivity index is 0.00000261. The van der Waals surface area contributed by atoms with Gasteiger partial charge in [0, 0.05) is 38.8 Å². The summed E-state index contributed by atoms with van der Waals surface area (Å²) in [6, 6.07) is 6.46. The zero-order valence-electron chi connectivity index (χ0n) is 15.8. The van der Waals surface area contributed by atoms with E-state index in [0.29, 0.717) is 11.6 Å². The Kier molecular flexibility index (Phi) is 9.20. The van der Waals surface area contributed by atoms with Crippen molar-refractivity contribution in [2.75, 3.05) is 52.5 Å². The number of rotatable bonds is 5. The number of ether oxygens (including phenoxy) is 1. The van der Waals surface area contributed by atoms with Gasteiger partial charge in [0.2, 0.25) is 0 Å². The molecule has 2 fully saturated rings. The molecule has 0 aliphatic carbocycles. The molecule has 0 saturated carbocycles. The zero-order valence-corrected chi connectivity index (χ0v) is 18.1. The highest BCUT2D eigenvalue weighted by molar-refractivity contribution is 14.0. The Morgan fingerprint density at radius 1 is 1.30 bits per heavy atom. The van der Waals surface area contributed by atoms with Crippen LogP contribution in [0.2, 0.25) is 0 Å². The fraction of sp³-hybridized carbons (Fsp3) is 0.632. The van der Waals surface area contributed by atoms with Crippen molar-refractivity contribution in [1.82, 2.24) is 15.1 Å². The van der Waals surface area contributed by atoms with Crippen LogP contribution in [0.5, 0.6) is 0 Å². The molecule has 0 aromatic heterocycles. The molecule has 1 aromatic carbocycles. The van der Waals surface area contributed by atoms with Crippen LogP contribution in [0.4, 0.5) is 4.39 Å². The van der Waals surface area contributed by atoms with Crippen LogP contribution in [0.15, 0.2) is 29.3 Å². The van der Waals surface area contributed by atoms with Crippen LogP contribution in [0.25, 0.3) is 0 Å². The first-order chi connectivity index (χ1) is 12.7. The zero-order chi connectivity index (χ0) is 18.4. The van der Waals surface area contributed by atoms with E-state index in [2.05, 4.69) is 20.1 Å². The van der Waals surface area contributed by atoms with E-state index in [9.17, 15) is 9.50 Å². The Morgan fingerprint density at radius 2 is 2.00 bits per heavy atom. The van der Waals surface area contributed by atoms with Gasteiger partial charge in [0.1, 0.15) is 5.82 Å². The first-order valence-electron chi connectivity index (χ1n) is 9.46. The molecule has 2 unspecified atom stereocenters. The number of likely N-dealkylation sites (tertiary alicyclic amines) is 1. The summed E-state index contributed by atoms with van der Waals surface area (Å²) in [5, 5.41) is 13.7. The third-order valence-electron chi connectivity index (χ3n) is 5.03. The van der Waals surface area contributed by atoms with E-state index in [4.69, 9.17) is 4.74 Å². The van der Waals surface area contributed by atoms with Crippen LogP contribution in [0.1, 0.15) is 25.0 Å². The van der Waals surface area contributed by atoms with Gasteiger partial charge in [0.25, 0.3) is 0 Å².